The lowest BCUT2D eigenvalue weighted by Gasteiger charge is -2.28. The number of fused-ring (bicyclic) bond motifs is 5. The fourth-order valence-electron chi connectivity index (χ4n) is 7.76. The summed E-state index contributed by atoms with van der Waals surface area (Å²) in [5.74, 6) is 0.741. The van der Waals surface area contributed by atoms with Crippen molar-refractivity contribution >= 4 is 38.7 Å². The first-order valence-corrected chi connectivity index (χ1v) is 17.8. The summed E-state index contributed by atoms with van der Waals surface area (Å²) in [5, 5.41) is 3.47. The van der Waals surface area contributed by atoms with Crippen molar-refractivity contribution in [2.75, 3.05) is 4.90 Å². The van der Waals surface area contributed by atoms with Crippen molar-refractivity contribution in [1.29, 1.82) is 0 Å². The van der Waals surface area contributed by atoms with Crippen LogP contribution < -0.4 is 4.90 Å². The number of nitrogens with zero attached hydrogens (tertiary/aromatic N) is 3. The summed E-state index contributed by atoms with van der Waals surface area (Å²) in [7, 11) is 0. The van der Waals surface area contributed by atoms with Gasteiger partial charge in [0.25, 0.3) is 0 Å². The molecule has 10 rings (SSSR count). The Kier molecular flexibility index (Phi) is 7.21. The van der Waals surface area contributed by atoms with E-state index in [4.69, 9.17) is 9.97 Å². The molecule has 0 radical (unpaired) electrons. The topological polar surface area (TPSA) is 29.0 Å². The zero-order chi connectivity index (χ0) is 34.4. The number of benzene rings is 8. The lowest BCUT2D eigenvalue weighted by atomic mass is 9.99. The highest BCUT2D eigenvalue weighted by molar-refractivity contribution is 5.97. The van der Waals surface area contributed by atoms with Gasteiger partial charge < -0.3 is 4.90 Å². The molecule has 1 aliphatic rings. The highest BCUT2D eigenvalue weighted by Crippen LogP contribution is 2.48. The van der Waals surface area contributed by atoms with Crippen LogP contribution in [0.1, 0.15) is 11.1 Å². The molecule has 0 spiro atoms. The minimum absolute atomic E-state index is 0.741. The predicted octanol–water partition coefficient (Wildman–Crippen LogP) is 12.8. The normalized spacial score (nSPS) is 11.8. The number of hydrogen-bond acceptors (Lipinski definition) is 3. The van der Waals surface area contributed by atoms with Crippen molar-refractivity contribution in [2.24, 2.45) is 0 Å². The van der Waals surface area contributed by atoms with Crippen molar-refractivity contribution in [1.82, 2.24) is 9.97 Å². The van der Waals surface area contributed by atoms with E-state index in [9.17, 15) is 0 Å². The average Bonchev–Trinajstić information content (AvgIpc) is 3.60. The van der Waals surface area contributed by atoms with Crippen LogP contribution in [-0.4, -0.2) is 9.97 Å². The smallest absolute Gasteiger partial charge is 0.160 e. The first-order valence-electron chi connectivity index (χ1n) is 17.8. The van der Waals surface area contributed by atoms with E-state index < -0.39 is 0 Å². The van der Waals surface area contributed by atoms with Crippen LogP contribution in [0.3, 0.4) is 0 Å². The first kappa shape index (κ1) is 30.0. The van der Waals surface area contributed by atoms with E-state index in [2.05, 4.69) is 193 Å². The van der Waals surface area contributed by atoms with Crippen LogP contribution in [0.25, 0.3) is 66.6 Å². The molecule has 52 heavy (non-hydrogen) atoms. The van der Waals surface area contributed by atoms with Crippen molar-refractivity contribution in [3.05, 3.63) is 199 Å². The summed E-state index contributed by atoms with van der Waals surface area (Å²) in [6.45, 7) is 0. The molecule has 1 aromatic heterocycles. The number of rotatable bonds is 6. The Hall–Kier alpha value is -6.84. The maximum atomic E-state index is 5.26. The van der Waals surface area contributed by atoms with Gasteiger partial charge in [0.15, 0.2) is 5.82 Å². The fraction of sp³-hybridized carbons (Fsp3) is 0.0204. The lowest BCUT2D eigenvalue weighted by molar-refractivity contribution is 1.21. The van der Waals surface area contributed by atoms with E-state index >= 15 is 0 Å². The highest BCUT2D eigenvalue weighted by Gasteiger charge is 2.26. The number of hydrogen-bond donors (Lipinski definition) is 0. The van der Waals surface area contributed by atoms with Crippen LogP contribution in [0, 0.1) is 0 Å². The quantitative estimate of drug-likeness (QED) is 0.177. The van der Waals surface area contributed by atoms with Crippen molar-refractivity contribution < 1.29 is 0 Å². The number of aromatic nitrogens is 2. The molecule has 1 aliphatic carbocycles. The van der Waals surface area contributed by atoms with Gasteiger partial charge in [0.1, 0.15) is 0 Å². The second-order valence-corrected chi connectivity index (χ2v) is 13.4. The van der Waals surface area contributed by atoms with E-state index in [0.29, 0.717) is 0 Å². The van der Waals surface area contributed by atoms with E-state index in [1.54, 1.807) is 0 Å². The molecule has 9 aromatic rings. The Labute approximate surface area is 303 Å². The molecule has 1 heterocycles. The molecular formula is C49H33N3. The van der Waals surface area contributed by atoms with Gasteiger partial charge in [0, 0.05) is 33.5 Å². The van der Waals surface area contributed by atoms with Gasteiger partial charge in [-0.25, -0.2) is 9.97 Å². The second-order valence-electron chi connectivity index (χ2n) is 13.4. The Balaban J connectivity index is 1.07. The van der Waals surface area contributed by atoms with Crippen LogP contribution in [0.2, 0.25) is 0 Å². The summed E-state index contributed by atoms with van der Waals surface area (Å²) in [4.78, 5) is 12.7. The summed E-state index contributed by atoms with van der Waals surface area (Å²) in [6.07, 6.45) is 0.854. The predicted molar refractivity (Wildman–Crippen MR) is 216 cm³/mol. The molecule has 0 saturated carbocycles. The van der Waals surface area contributed by atoms with Crippen LogP contribution in [0.5, 0.6) is 0 Å². The van der Waals surface area contributed by atoms with Gasteiger partial charge in [0.05, 0.1) is 16.9 Å². The Bertz CT molecular complexity index is 2750. The van der Waals surface area contributed by atoms with Gasteiger partial charge in [-0.15, -0.1) is 0 Å². The first-order chi connectivity index (χ1) is 25.8. The second kappa shape index (κ2) is 12.5. The van der Waals surface area contributed by atoms with Crippen molar-refractivity contribution in [3.8, 4) is 44.9 Å². The molecule has 8 aromatic carbocycles. The average molecular weight is 664 g/mol. The van der Waals surface area contributed by atoms with Gasteiger partial charge in [-0.3, -0.25) is 0 Å². The van der Waals surface area contributed by atoms with Gasteiger partial charge in [0.2, 0.25) is 0 Å². The Morgan fingerprint density at radius 2 is 1.10 bits per heavy atom. The fourth-order valence-corrected chi connectivity index (χ4v) is 7.76. The van der Waals surface area contributed by atoms with Crippen LogP contribution in [0.15, 0.2) is 188 Å². The standard InChI is InChI=1S/C49H33N3/c1-3-12-33(13-4-1)35-24-27-42(28-25-35)52(41-17-5-2-6-18-41)46-21-11-16-37-31-40-32-39(26-29-43(40)47(37)46)49-50-45-20-10-9-19-44(45)48(51-49)38-23-22-34-14-7-8-15-36(34)30-38/h1-30,32H,31H2. The SMILES string of the molecule is c1ccc(-c2ccc(N(c3ccccc3)c3cccc4c3-c3ccc(-c5nc(-c6ccc7ccccc7c6)c6ccccc6n5)cc3C4)cc2)cc1. The Morgan fingerprint density at radius 3 is 1.94 bits per heavy atom. The molecule has 0 amide bonds. The lowest BCUT2D eigenvalue weighted by Crippen LogP contribution is -2.11. The van der Waals surface area contributed by atoms with E-state index in [0.717, 1.165) is 51.3 Å². The maximum Gasteiger partial charge on any atom is 0.160 e. The molecule has 3 heteroatoms. The molecular weight excluding hydrogens is 631 g/mol. The van der Waals surface area contributed by atoms with E-state index in [1.165, 1.54) is 49.8 Å². The third kappa shape index (κ3) is 5.23. The molecule has 0 saturated heterocycles. The molecule has 0 N–H and O–H groups in total. The maximum absolute atomic E-state index is 5.26. The highest BCUT2D eigenvalue weighted by atomic mass is 15.1. The van der Waals surface area contributed by atoms with Gasteiger partial charge >= 0.3 is 0 Å². The number of anilines is 3. The van der Waals surface area contributed by atoms with Crippen molar-refractivity contribution in [3.63, 3.8) is 0 Å². The van der Waals surface area contributed by atoms with Gasteiger partial charge in [-0.1, -0.05) is 140 Å². The van der Waals surface area contributed by atoms with Crippen LogP contribution in [0.4, 0.5) is 17.1 Å². The molecule has 0 fully saturated rings. The summed E-state index contributed by atoms with van der Waals surface area (Å²) in [5.41, 5.74) is 15.0. The third-order valence-electron chi connectivity index (χ3n) is 10.3. The van der Waals surface area contributed by atoms with Gasteiger partial charge in [-0.2, -0.15) is 0 Å². The zero-order valence-electron chi connectivity index (χ0n) is 28.4. The molecule has 3 nitrogen and oxygen atoms in total. The van der Waals surface area contributed by atoms with Crippen molar-refractivity contribution in [2.45, 2.75) is 6.42 Å². The molecule has 244 valence electrons. The van der Waals surface area contributed by atoms with E-state index in [1.807, 2.05) is 0 Å². The largest absolute Gasteiger partial charge is 0.310 e. The van der Waals surface area contributed by atoms with Crippen LogP contribution in [-0.2, 0) is 6.42 Å². The van der Waals surface area contributed by atoms with Gasteiger partial charge in [-0.05, 0) is 93.5 Å². The summed E-state index contributed by atoms with van der Waals surface area (Å²) < 4.78 is 0. The minimum Gasteiger partial charge on any atom is -0.310 e. The molecule has 0 atom stereocenters. The molecule has 0 unspecified atom stereocenters. The monoisotopic (exact) mass is 663 g/mol. The molecule has 0 aliphatic heterocycles. The minimum atomic E-state index is 0.741. The zero-order valence-corrected chi connectivity index (χ0v) is 28.4. The van der Waals surface area contributed by atoms with E-state index in [-0.39, 0.29) is 0 Å². The van der Waals surface area contributed by atoms with Crippen LogP contribution >= 0.6 is 0 Å². The molecule has 0 bridgehead atoms. The summed E-state index contributed by atoms with van der Waals surface area (Å²) >= 11 is 0. The third-order valence-corrected chi connectivity index (χ3v) is 10.3. The number of para-hydroxylation sites is 2. The Morgan fingerprint density at radius 1 is 0.423 bits per heavy atom. The summed E-state index contributed by atoms with van der Waals surface area (Å²) in [6, 6.07) is 67.0.